The number of urea groups is 1. The number of carbonyl (C=O) groups is 4. The quantitative estimate of drug-likeness (QED) is 0.486. The van der Waals surface area contributed by atoms with Gasteiger partial charge in [0, 0.05) is 36.4 Å². The van der Waals surface area contributed by atoms with Gasteiger partial charge in [0.2, 0.25) is 0 Å². The third-order valence-electron chi connectivity index (χ3n) is 7.28. The number of nitrogens with zero attached hydrogens (tertiary/aromatic N) is 2. The molecule has 11 heteroatoms. The van der Waals surface area contributed by atoms with Crippen LogP contribution in [0.25, 0.3) is 0 Å². The van der Waals surface area contributed by atoms with Crippen LogP contribution in [0.4, 0.5) is 19.3 Å². The van der Waals surface area contributed by atoms with Crippen LogP contribution in [-0.2, 0) is 9.59 Å². The Balaban J connectivity index is 1.62. The molecule has 0 bridgehead atoms. The zero-order valence-electron chi connectivity index (χ0n) is 21.7. The van der Waals surface area contributed by atoms with Gasteiger partial charge in [0.1, 0.15) is 11.6 Å². The van der Waals surface area contributed by atoms with Gasteiger partial charge in [0.25, 0.3) is 11.8 Å². The van der Waals surface area contributed by atoms with Gasteiger partial charge in [-0.3, -0.25) is 19.3 Å². The van der Waals surface area contributed by atoms with Crippen molar-refractivity contribution in [1.29, 1.82) is 0 Å². The Bertz CT molecular complexity index is 1210. The summed E-state index contributed by atoms with van der Waals surface area (Å²) >= 11 is 0. The number of hydrogen-bond acceptors (Lipinski definition) is 4. The Morgan fingerprint density at radius 3 is 2.18 bits per heavy atom. The molecule has 4 amide bonds. The SMILES string of the molecule is Cc1ccc(NC(=O)N2CCN(C(=O)c3cc(F)cc(F)c3)C2C(=O)NC(CC(=O)O)C2CCCCC2)cc1. The van der Waals surface area contributed by atoms with E-state index in [9.17, 15) is 33.1 Å². The Labute approximate surface area is 225 Å². The van der Waals surface area contributed by atoms with Crippen molar-refractivity contribution in [3.63, 3.8) is 0 Å². The maximum atomic E-state index is 13.9. The van der Waals surface area contributed by atoms with Crippen LogP contribution in [0, 0.1) is 24.5 Å². The van der Waals surface area contributed by atoms with Crippen LogP contribution in [0.3, 0.4) is 0 Å². The minimum absolute atomic E-state index is 0.0215. The van der Waals surface area contributed by atoms with E-state index in [1.165, 1.54) is 4.90 Å². The second kappa shape index (κ2) is 12.2. The highest BCUT2D eigenvalue weighted by molar-refractivity contribution is 6.00. The lowest BCUT2D eigenvalue weighted by Gasteiger charge is -2.34. The van der Waals surface area contributed by atoms with Gasteiger partial charge in [-0.2, -0.15) is 0 Å². The van der Waals surface area contributed by atoms with Crippen LogP contribution in [0.2, 0.25) is 0 Å². The normalized spacial score (nSPS) is 18.5. The summed E-state index contributed by atoms with van der Waals surface area (Å²) in [5.41, 5.74) is 1.16. The van der Waals surface area contributed by atoms with Crippen molar-refractivity contribution in [2.24, 2.45) is 5.92 Å². The second-order valence-corrected chi connectivity index (χ2v) is 10.1. The van der Waals surface area contributed by atoms with E-state index in [2.05, 4.69) is 10.6 Å². The molecule has 2 unspecified atom stereocenters. The van der Waals surface area contributed by atoms with E-state index in [-0.39, 0.29) is 31.0 Å². The van der Waals surface area contributed by atoms with Crippen molar-refractivity contribution in [2.45, 2.75) is 57.7 Å². The maximum Gasteiger partial charge on any atom is 0.323 e. The standard InChI is InChI=1S/C28H32F2N4O5/c1-17-7-9-22(10-8-17)31-28(39)34-12-11-33(27(38)19-13-20(29)15-21(30)14-19)26(34)25(37)32-23(16-24(35)36)18-5-3-2-4-6-18/h7-10,13-15,18,23,26H,2-6,11-12,16H2,1H3,(H,31,39)(H,32,37)(H,35,36). The van der Waals surface area contributed by atoms with E-state index < -0.39 is 47.7 Å². The summed E-state index contributed by atoms with van der Waals surface area (Å²) in [5, 5.41) is 15.0. The number of nitrogens with one attached hydrogen (secondary N) is 2. The Morgan fingerprint density at radius 2 is 1.56 bits per heavy atom. The Kier molecular flexibility index (Phi) is 8.78. The number of carboxylic acid groups (broad SMARTS) is 1. The summed E-state index contributed by atoms with van der Waals surface area (Å²) < 4.78 is 27.8. The molecule has 3 N–H and O–H groups in total. The number of hydrogen-bond donors (Lipinski definition) is 3. The molecule has 1 saturated heterocycles. The third kappa shape index (κ3) is 6.90. The average Bonchev–Trinajstić information content (AvgIpc) is 3.34. The summed E-state index contributed by atoms with van der Waals surface area (Å²) in [4.78, 5) is 54.2. The van der Waals surface area contributed by atoms with E-state index in [1.54, 1.807) is 24.3 Å². The van der Waals surface area contributed by atoms with Crippen molar-refractivity contribution in [2.75, 3.05) is 18.4 Å². The summed E-state index contributed by atoms with van der Waals surface area (Å²) in [5.74, 6) is -4.59. The number of carboxylic acids is 1. The van der Waals surface area contributed by atoms with Gasteiger partial charge in [-0.1, -0.05) is 37.0 Å². The van der Waals surface area contributed by atoms with Gasteiger partial charge >= 0.3 is 12.0 Å². The maximum absolute atomic E-state index is 13.9. The first kappa shape index (κ1) is 28.0. The zero-order chi connectivity index (χ0) is 28.1. The second-order valence-electron chi connectivity index (χ2n) is 10.1. The molecule has 39 heavy (non-hydrogen) atoms. The molecule has 0 aromatic heterocycles. The van der Waals surface area contributed by atoms with Crippen LogP contribution < -0.4 is 10.6 Å². The van der Waals surface area contributed by atoms with Crippen LogP contribution in [0.1, 0.15) is 54.4 Å². The molecule has 4 rings (SSSR count). The molecule has 2 aliphatic rings. The molecule has 1 saturated carbocycles. The van der Waals surface area contributed by atoms with Crippen molar-refractivity contribution in [3.8, 4) is 0 Å². The number of benzene rings is 2. The molecule has 9 nitrogen and oxygen atoms in total. The van der Waals surface area contributed by atoms with E-state index >= 15 is 0 Å². The number of anilines is 1. The van der Waals surface area contributed by atoms with Crippen LogP contribution >= 0.6 is 0 Å². The summed E-state index contributed by atoms with van der Waals surface area (Å²) in [7, 11) is 0. The minimum atomic E-state index is -1.45. The predicted molar refractivity (Wildman–Crippen MR) is 139 cm³/mol. The molecule has 208 valence electrons. The summed E-state index contributed by atoms with van der Waals surface area (Å²) in [6.07, 6.45) is 2.63. The fourth-order valence-corrected chi connectivity index (χ4v) is 5.33. The van der Waals surface area contributed by atoms with Crippen molar-refractivity contribution < 1.29 is 33.1 Å². The highest BCUT2D eigenvalue weighted by Gasteiger charge is 2.44. The molecule has 1 aliphatic heterocycles. The van der Waals surface area contributed by atoms with Crippen LogP contribution in [0.15, 0.2) is 42.5 Å². The summed E-state index contributed by atoms with van der Waals surface area (Å²) in [6, 6.07) is 8.03. The lowest BCUT2D eigenvalue weighted by molar-refractivity contribution is -0.138. The smallest absolute Gasteiger partial charge is 0.323 e. The van der Waals surface area contributed by atoms with Crippen molar-refractivity contribution in [3.05, 3.63) is 65.2 Å². The van der Waals surface area contributed by atoms with Gasteiger partial charge in [-0.15, -0.1) is 0 Å². The first-order valence-electron chi connectivity index (χ1n) is 13.1. The lowest BCUT2D eigenvalue weighted by atomic mass is 9.82. The fourth-order valence-electron chi connectivity index (χ4n) is 5.33. The zero-order valence-corrected chi connectivity index (χ0v) is 21.7. The third-order valence-corrected chi connectivity index (χ3v) is 7.28. The van der Waals surface area contributed by atoms with Crippen LogP contribution in [-0.4, -0.2) is 64.0 Å². The fraction of sp³-hybridized carbons (Fsp3) is 0.429. The number of carbonyl (C=O) groups excluding carboxylic acids is 3. The topological polar surface area (TPSA) is 119 Å². The molecule has 2 aromatic rings. The number of amides is 4. The molecule has 2 fully saturated rings. The average molecular weight is 543 g/mol. The molecular weight excluding hydrogens is 510 g/mol. The number of aryl methyl sites for hydroxylation is 1. The van der Waals surface area contributed by atoms with Gasteiger partial charge in [-0.05, 0) is 49.9 Å². The van der Waals surface area contributed by atoms with E-state index in [0.717, 1.165) is 54.7 Å². The molecule has 2 atom stereocenters. The number of rotatable bonds is 7. The van der Waals surface area contributed by atoms with Gasteiger partial charge in [-0.25, -0.2) is 13.6 Å². The molecule has 2 aromatic carbocycles. The van der Waals surface area contributed by atoms with Gasteiger partial charge in [0.15, 0.2) is 6.17 Å². The largest absolute Gasteiger partial charge is 0.481 e. The molecule has 0 spiro atoms. The Hall–Kier alpha value is -4.02. The van der Waals surface area contributed by atoms with Crippen molar-refractivity contribution in [1.82, 2.24) is 15.1 Å². The monoisotopic (exact) mass is 542 g/mol. The molecule has 1 aliphatic carbocycles. The van der Waals surface area contributed by atoms with Crippen LogP contribution in [0.5, 0.6) is 0 Å². The number of aliphatic carboxylic acids is 1. The van der Waals surface area contributed by atoms with E-state index in [0.29, 0.717) is 11.8 Å². The Morgan fingerprint density at radius 1 is 0.949 bits per heavy atom. The highest BCUT2D eigenvalue weighted by Crippen LogP contribution is 2.29. The molecule has 0 radical (unpaired) electrons. The highest BCUT2D eigenvalue weighted by atomic mass is 19.1. The van der Waals surface area contributed by atoms with Gasteiger partial charge < -0.3 is 20.6 Å². The lowest BCUT2D eigenvalue weighted by Crippen LogP contribution is -2.57. The summed E-state index contributed by atoms with van der Waals surface area (Å²) in [6.45, 7) is 1.81. The molecular formula is C28H32F2N4O5. The van der Waals surface area contributed by atoms with E-state index in [4.69, 9.17) is 0 Å². The minimum Gasteiger partial charge on any atom is -0.481 e. The predicted octanol–water partition coefficient (Wildman–Crippen LogP) is 4.13. The molecule has 1 heterocycles. The van der Waals surface area contributed by atoms with Gasteiger partial charge in [0.05, 0.1) is 6.42 Å². The first-order chi connectivity index (χ1) is 18.6. The first-order valence-corrected chi connectivity index (χ1v) is 13.1. The van der Waals surface area contributed by atoms with E-state index in [1.807, 2.05) is 6.92 Å². The van der Waals surface area contributed by atoms with Crippen molar-refractivity contribution >= 4 is 29.5 Å². The number of halogens is 2.